The van der Waals surface area contributed by atoms with Gasteiger partial charge in [-0.1, -0.05) is 24.0 Å². The van der Waals surface area contributed by atoms with Crippen LogP contribution in [0.4, 0.5) is 0 Å². The molecule has 0 unspecified atom stereocenters. The normalized spacial score (nSPS) is 17.6. The van der Waals surface area contributed by atoms with Crippen molar-refractivity contribution in [3.05, 3.63) is 35.4 Å². The zero-order chi connectivity index (χ0) is 13.5. The Morgan fingerprint density at radius 3 is 2.63 bits per heavy atom. The van der Waals surface area contributed by atoms with Gasteiger partial charge in [-0.3, -0.25) is 4.90 Å². The number of rotatable bonds is 2. The van der Waals surface area contributed by atoms with Gasteiger partial charge < -0.3 is 10.0 Å². The van der Waals surface area contributed by atoms with E-state index in [0.717, 1.165) is 25.2 Å². The van der Waals surface area contributed by atoms with Gasteiger partial charge in [-0.05, 0) is 44.3 Å². The molecule has 0 spiro atoms. The van der Waals surface area contributed by atoms with Crippen molar-refractivity contribution in [2.45, 2.75) is 13.0 Å². The molecule has 3 nitrogen and oxygen atoms in total. The van der Waals surface area contributed by atoms with E-state index in [2.05, 4.69) is 40.8 Å². The number of likely N-dealkylation sites (N-methyl/N-ethyl adjacent to an activating group) is 1. The molecule has 0 radical (unpaired) electrons. The van der Waals surface area contributed by atoms with Gasteiger partial charge in [0.2, 0.25) is 0 Å². The predicted octanol–water partition coefficient (Wildman–Crippen LogP) is 1.17. The van der Waals surface area contributed by atoms with E-state index in [4.69, 9.17) is 5.11 Å². The number of hydrogen-bond acceptors (Lipinski definition) is 3. The lowest BCUT2D eigenvalue weighted by Crippen LogP contribution is -2.28. The molecule has 0 atom stereocenters. The highest BCUT2D eigenvalue weighted by molar-refractivity contribution is 5.36. The molecule has 102 valence electrons. The van der Waals surface area contributed by atoms with Gasteiger partial charge in [-0.15, -0.1) is 0 Å². The standard InChI is InChI=1S/C16H22N2O/c1-17-9-3-10-18(12-11-17)14-16-7-5-15(6-8-16)4-2-13-19/h5-8,19H,3,9-14H2,1H3. The summed E-state index contributed by atoms with van der Waals surface area (Å²) in [6, 6.07) is 8.33. The Bertz CT molecular complexity index is 444. The van der Waals surface area contributed by atoms with E-state index in [0.29, 0.717) is 0 Å². The molecule has 1 aliphatic heterocycles. The number of aliphatic hydroxyl groups excluding tert-OH is 1. The molecular formula is C16H22N2O. The predicted molar refractivity (Wildman–Crippen MR) is 77.8 cm³/mol. The van der Waals surface area contributed by atoms with Crippen LogP contribution >= 0.6 is 0 Å². The summed E-state index contributed by atoms with van der Waals surface area (Å²) in [5.74, 6) is 5.59. The molecule has 0 saturated carbocycles. The van der Waals surface area contributed by atoms with Crippen LogP contribution in [0.1, 0.15) is 17.5 Å². The van der Waals surface area contributed by atoms with Crippen molar-refractivity contribution in [3.63, 3.8) is 0 Å². The quantitative estimate of drug-likeness (QED) is 0.807. The maximum Gasteiger partial charge on any atom is 0.104 e. The van der Waals surface area contributed by atoms with E-state index in [9.17, 15) is 0 Å². The molecule has 19 heavy (non-hydrogen) atoms. The van der Waals surface area contributed by atoms with Crippen molar-refractivity contribution in [2.75, 3.05) is 39.8 Å². The van der Waals surface area contributed by atoms with E-state index >= 15 is 0 Å². The Hall–Kier alpha value is -1.34. The lowest BCUT2D eigenvalue weighted by molar-refractivity contribution is 0.269. The number of hydrogen-bond donors (Lipinski definition) is 1. The van der Waals surface area contributed by atoms with Crippen LogP contribution in [0.25, 0.3) is 0 Å². The molecule has 0 aromatic heterocycles. The van der Waals surface area contributed by atoms with Gasteiger partial charge in [0.1, 0.15) is 6.61 Å². The first-order valence-electron chi connectivity index (χ1n) is 6.87. The zero-order valence-corrected chi connectivity index (χ0v) is 11.6. The second kappa shape index (κ2) is 7.30. The lowest BCUT2D eigenvalue weighted by atomic mass is 10.1. The highest BCUT2D eigenvalue weighted by Crippen LogP contribution is 2.09. The van der Waals surface area contributed by atoms with Gasteiger partial charge in [-0.2, -0.15) is 0 Å². The highest BCUT2D eigenvalue weighted by atomic mass is 16.2. The summed E-state index contributed by atoms with van der Waals surface area (Å²) in [5, 5.41) is 8.66. The highest BCUT2D eigenvalue weighted by Gasteiger charge is 2.11. The van der Waals surface area contributed by atoms with E-state index < -0.39 is 0 Å². The fourth-order valence-corrected chi connectivity index (χ4v) is 2.35. The first-order chi connectivity index (χ1) is 9.28. The fourth-order valence-electron chi connectivity index (χ4n) is 2.35. The monoisotopic (exact) mass is 258 g/mol. The SMILES string of the molecule is CN1CCCN(Cc2ccc(C#CCO)cc2)CC1. The van der Waals surface area contributed by atoms with Gasteiger partial charge in [0.05, 0.1) is 0 Å². The van der Waals surface area contributed by atoms with Gasteiger partial charge >= 0.3 is 0 Å². The topological polar surface area (TPSA) is 26.7 Å². The van der Waals surface area contributed by atoms with Crippen molar-refractivity contribution in [1.29, 1.82) is 0 Å². The van der Waals surface area contributed by atoms with Crippen LogP contribution in [0.15, 0.2) is 24.3 Å². The molecule has 2 rings (SSSR count). The molecule has 1 aliphatic rings. The van der Waals surface area contributed by atoms with Crippen LogP contribution in [0.2, 0.25) is 0 Å². The Morgan fingerprint density at radius 1 is 1.11 bits per heavy atom. The summed E-state index contributed by atoms with van der Waals surface area (Å²) < 4.78 is 0. The molecule has 3 heteroatoms. The third-order valence-corrected chi connectivity index (χ3v) is 3.48. The summed E-state index contributed by atoms with van der Waals surface area (Å²) in [4.78, 5) is 4.91. The number of aliphatic hydroxyl groups is 1. The fraction of sp³-hybridized carbons (Fsp3) is 0.500. The van der Waals surface area contributed by atoms with Crippen LogP contribution in [0.5, 0.6) is 0 Å². The largest absolute Gasteiger partial charge is 0.384 e. The molecule has 0 amide bonds. The smallest absolute Gasteiger partial charge is 0.104 e. The third-order valence-electron chi connectivity index (χ3n) is 3.48. The third kappa shape index (κ3) is 4.68. The van der Waals surface area contributed by atoms with Crippen molar-refractivity contribution in [3.8, 4) is 11.8 Å². The van der Waals surface area contributed by atoms with Gasteiger partial charge in [-0.25, -0.2) is 0 Å². The Balaban J connectivity index is 1.91. The maximum atomic E-state index is 8.66. The van der Waals surface area contributed by atoms with Crippen LogP contribution in [0, 0.1) is 11.8 Å². The van der Waals surface area contributed by atoms with Crippen molar-refractivity contribution < 1.29 is 5.11 Å². The second-order valence-electron chi connectivity index (χ2n) is 5.09. The van der Waals surface area contributed by atoms with Gasteiger partial charge in [0.25, 0.3) is 0 Å². The van der Waals surface area contributed by atoms with Crippen LogP contribution in [-0.2, 0) is 6.54 Å². The first-order valence-corrected chi connectivity index (χ1v) is 6.87. The van der Waals surface area contributed by atoms with E-state index in [-0.39, 0.29) is 6.61 Å². The Kier molecular flexibility index (Phi) is 5.41. The van der Waals surface area contributed by atoms with Crippen LogP contribution < -0.4 is 0 Å². The van der Waals surface area contributed by atoms with Crippen LogP contribution in [-0.4, -0.2) is 54.7 Å². The molecule has 1 N–H and O–H groups in total. The zero-order valence-electron chi connectivity index (χ0n) is 11.6. The average Bonchev–Trinajstić information content (AvgIpc) is 2.63. The maximum absolute atomic E-state index is 8.66. The van der Waals surface area contributed by atoms with Crippen molar-refractivity contribution in [1.82, 2.24) is 9.80 Å². The van der Waals surface area contributed by atoms with Gasteiger partial charge in [0, 0.05) is 25.2 Å². The summed E-state index contributed by atoms with van der Waals surface area (Å²) in [5.41, 5.74) is 2.30. The summed E-state index contributed by atoms with van der Waals surface area (Å²) in [7, 11) is 2.19. The van der Waals surface area contributed by atoms with E-state index in [1.807, 2.05) is 12.1 Å². The molecule has 1 aromatic carbocycles. The van der Waals surface area contributed by atoms with E-state index in [1.54, 1.807) is 0 Å². The first kappa shape index (κ1) is 14.1. The molecular weight excluding hydrogens is 236 g/mol. The Labute approximate surface area is 115 Å². The molecule has 1 saturated heterocycles. The van der Waals surface area contributed by atoms with Gasteiger partial charge in [0.15, 0.2) is 0 Å². The molecule has 1 fully saturated rings. The number of nitrogens with zero attached hydrogens (tertiary/aromatic N) is 2. The molecule has 0 bridgehead atoms. The lowest BCUT2D eigenvalue weighted by Gasteiger charge is -2.20. The minimum atomic E-state index is -0.0803. The van der Waals surface area contributed by atoms with Crippen LogP contribution in [0.3, 0.4) is 0 Å². The minimum Gasteiger partial charge on any atom is -0.384 e. The second-order valence-corrected chi connectivity index (χ2v) is 5.09. The summed E-state index contributed by atoms with van der Waals surface area (Å²) in [6.07, 6.45) is 1.25. The number of benzene rings is 1. The van der Waals surface area contributed by atoms with Crippen molar-refractivity contribution in [2.24, 2.45) is 0 Å². The van der Waals surface area contributed by atoms with Crippen molar-refractivity contribution >= 4 is 0 Å². The minimum absolute atomic E-state index is 0.0803. The molecule has 1 heterocycles. The van der Waals surface area contributed by atoms with E-state index in [1.165, 1.54) is 25.1 Å². The summed E-state index contributed by atoms with van der Waals surface area (Å²) in [6.45, 7) is 5.61. The average molecular weight is 258 g/mol. The Morgan fingerprint density at radius 2 is 1.89 bits per heavy atom. The molecule has 1 aromatic rings. The summed E-state index contributed by atoms with van der Waals surface area (Å²) >= 11 is 0. The molecule has 0 aliphatic carbocycles.